The number of nitrogens with two attached hydrogens (primary N) is 2. The van der Waals surface area contributed by atoms with E-state index in [1.165, 1.54) is 0 Å². The van der Waals surface area contributed by atoms with Gasteiger partial charge in [-0.15, -0.1) is 0 Å². The van der Waals surface area contributed by atoms with Crippen molar-refractivity contribution in [2.24, 2.45) is 0 Å². The lowest BCUT2D eigenvalue weighted by molar-refractivity contribution is -0.192. The number of anilines is 2. The summed E-state index contributed by atoms with van der Waals surface area (Å²) in [7, 11) is 0. The van der Waals surface area contributed by atoms with Crippen molar-refractivity contribution in [2.75, 3.05) is 11.5 Å². The van der Waals surface area contributed by atoms with Crippen molar-refractivity contribution in [1.29, 1.82) is 5.26 Å². The van der Waals surface area contributed by atoms with Crippen molar-refractivity contribution in [1.82, 2.24) is 4.98 Å². The molecule has 0 saturated heterocycles. The van der Waals surface area contributed by atoms with Crippen LogP contribution < -0.4 is 16.2 Å². The van der Waals surface area contributed by atoms with Crippen LogP contribution in [0.15, 0.2) is 18.2 Å². The zero-order chi connectivity index (χ0) is 19.6. The molecule has 0 amide bonds. The predicted octanol–water partition coefficient (Wildman–Crippen LogP) is 2.76. The molecule has 0 radical (unpaired) electrons. The second-order valence-electron chi connectivity index (χ2n) is 5.37. The van der Waals surface area contributed by atoms with Gasteiger partial charge >= 0.3 is 12.1 Å². The molecule has 3 rings (SSSR count). The number of nitrogens with zero attached hydrogens (tertiary/aromatic N) is 2. The van der Waals surface area contributed by atoms with E-state index in [4.69, 9.17) is 31.4 Å². The lowest BCUT2D eigenvalue weighted by atomic mass is 9.98. The third kappa shape index (κ3) is 3.77. The molecule has 5 N–H and O–H groups in total. The van der Waals surface area contributed by atoms with E-state index < -0.39 is 12.1 Å². The van der Waals surface area contributed by atoms with Gasteiger partial charge in [-0.2, -0.15) is 23.4 Å². The van der Waals surface area contributed by atoms with Gasteiger partial charge in [-0.25, -0.2) is 4.79 Å². The van der Waals surface area contributed by atoms with Crippen LogP contribution in [0.1, 0.15) is 22.3 Å². The van der Waals surface area contributed by atoms with Gasteiger partial charge in [-0.1, -0.05) is 12.1 Å². The fourth-order valence-electron chi connectivity index (χ4n) is 2.21. The second-order valence-corrected chi connectivity index (χ2v) is 5.37. The Morgan fingerprint density at radius 3 is 2.54 bits per heavy atom. The van der Waals surface area contributed by atoms with Crippen LogP contribution in [0.2, 0.25) is 0 Å². The Balaban J connectivity index is 0.000000298. The third-order valence-electron chi connectivity index (χ3n) is 3.48. The predicted molar refractivity (Wildman–Crippen MR) is 85.5 cm³/mol. The van der Waals surface area contributed by atoms with Crippen molar-refractivity contribution in [3.8, 4) is 17.7 Å². The van der Waals surface area contributed by atoms with Gasteiger partial charge in [0, 0.05) is 12.0 Å². The molecule has 0 fully saturated rings. The van der Waals surface area contributed by atoms with Gasteiger partial charge in [0.2, 0.25) is 5.88 Å². The van der Waals surface area contributed by atoms with Crippen LogP contribution in [0.25, 0.3) is 0 Å². The van der Waals surface area contributed by atoms with Gasteiger partial charge in [0.25, 0.3) is 0 Å². The van der Waals surface area contributed by atoms with Crippen LogP contribution in [0.4, 0.5) is 24.7 Å². The Bertz CT molecular complexity index is 920. The van der Waals surface area contributed by atoms with Gasteiger partial charge in [0.1, 0.15) is 23.2 Å². The number of aromatic nitrogens is 1. The smallest absolute Gasteiger partial charge is 0.475 e. The zero-order valence-corrected chi connectivity index (χ0v) is 13.4. The van der Waals surface area contributed by atoms with E-state index in [9.17, 15) is 13.2 Å². The number of carboxylic acid groups (broad SMARTS) is 1. The van der Waals surface area contributed by atoms with Crippen LogP contribution in [-0.2, 0) is 11.2 Å². The minimum atomic E-state index is -5.08. The molecule has 2 aromatic rings. The summed E-state index contributed by atoms with van der Waals surface area (Å²) in [6.07, 6.45) is -4.49. The van der Waals surface area contributed by atoms with Crippen molar-refractivity contribution in [2.45, 2.75) is 19.5 Å². The maximum absolute atomic E-state index is 10.6. The number of hydrogen-bond donors (Lipinski definition) is 3. The lowest BCUT2D eigenvalue weighted by Gasteiger charge is -2.21. The lowest BCUT2D eigenvalue weighted by Crippen LogP contribution is -2.21. The van der Waals surface area contributed by atoms with E-state index in [1.54, 1.807) is 0 Å². The first-order valence-electron chi connectivity index (χ1n) is 7.10. The monoisotopic (exact) mass is 366 g/mol. The number of pyridine rings is 1. The van der Waals surface area contributed by atoms with Crippen molar-refractivity contribution in [3.63, 3.8) is 0 Å². The van der Waals surface area contributed by atoms with Crippen molar-refractivity contribution in [3.05, 3.63) is 40.5 Å². The van der Waals surface area contributed by atoms with E-state index in [0.717, 1.165) is 22.4 Å². The summed E-state index contributed by atoms with van der Waals surface area (Å²) in [4.78, 5) is 13.0. The molecule has 1 aromatic carbocycles. The molecule has 26 heavy (non-hydrogen) atoms. The van der Waals surface area contributed by atoms with Crippen LogP contribution in [0, 0.1) is 18.3 Å². The number of ether oxygens (including phenoxy) is 1. The Kier molecular flexibility index (Phi) is 4.93. The Morgan fingerprint density at radius 2 is 2.00 bits per heavy atom. The van der Waals surface area contributed by atoms with Gasteiger partial charge in [-0.3, -0.25) is 0 Å². The van der Waals surface area contributed by atoms with Crippen molar-refractivity contribution >= 4 is 17.5 Å². The molecule has 0 spiro atoms. The van der Waals surface area contributed by atoms with E-state index in [-0.39, 0.29) is 11.4 Å². The molecular weight excluding hydrogens is 353 g/mol. The summed E-state index contributed by atoms with van der Waals surface area (Å²) in [5.74, 6) is -1.49. The third-order valence-corrected chi connectivity index (χ3v) is 3.48. The highest BCUT2D eigenvalue weighted by Gasteiger charge is 2.38. The topological polar surface area (TPSA) is 135 Å². The molecule has 1 aliphatic heterocycles. The van der Waals surface area contributed by atoms with Gasteiger partial charge in [0.15, 0.2) is 0 Å². The van der Waals surface area contributed by atoms with Crippen molar-refractivity contribution < 1.29 is 27.8 Å². The normalized spacial score (nSPS) is 11.8. The highest BCUT2D eigenvalue weighted by molar-refractivity contribution is 5.73. The summed E-state index contributed by atoms with van der Waals surface area (Å²) in [6, 6.07) is 7.94. The average Bonchev–Trinajstić information content (AvgIpc) is 2.53. The minimum absolute atomic E-state index is 0.106. The number of benzene rings is 1. The summed E-state index contributed by atoms with van der Waals surface area (Å²) in [5, 5.41) is 16.2. The highest BCUT2D eigenvalue weighted by atomic mass is 19.4. The largest absolute Gasteiger partial charge is 0.490 e. The van der Waals surface area contributed by atoms with Crippen LogP contribution >= 0.6 is 0 Å². The van der Waals surface area contributed by atoms with Gasteiger partial charge < -0.3 is 21.3 Å². The molecule has 2 heterocycles. The van der Waals surface area contributed by atoms with E-state index >= 15 is 0 Å². The van der Waals surface area contributed by atoms with Gasteiger partial charge in [0.05, 0.1) is 5.69 Å². The van der Waals surface area contributed by atoms with Gasteiger partial charge in [-0.05, 0) is 24.1 Å². The number of aliphatic carboxylic acids is 1. The number of halogens is 3. The minimum Gasteiger partial charge on any atom is -0.475 e. The summed E-state index contributed by atoms with van der Waals surface area (Å²) in [5.41, 5.74) is 15.1. The average molecular weight is 366 g/mol. The maximum atomic E-state index is 10.6. The first-order chi connectivity index (χ1) is 12.0. The summed E-state index contributed by atoms with van der Waals surface area (Å²) in [6.45, 7) is 1.99. The number of nitrogen functional groups attached to an aromatic ring is 2. The Labute approximate surface area is 145 Å². The number of rotatable bonds is 0. The molecule has 0 unspecified atom stereocenters. The standard InChI is InChI=1S/C14H12N4O.C2HF3O2/c1-7-2-3-8-5-9-12(16)10(6-15)13(17)18-14(9)19-11(8)4-7;3-2(4,5)1(6)7/h2-4H,5H2,1H3,(H4,16,17,18);(H,6,7). The SMILES string of the molecule is Cc1ccc2c(c1)Oc1nc(N)c(C#N)c(N)c1C2.O=C(O)C(F)(F)F. The first-order valence-corrected chi connectivity index (χ1v) is 7.10. The molecule has 1 aliphatic rings. The quantitative estimate of drug-likeness (QED) is 0.556. The summed E-state index contributed by atoms with van der Waals surface area (Å²) < 4.78 is 37.5. The fraction of sp³-hybridized carbons (Fsp3) is 0.188. The Morgan fingerprint density at radius 1 is 1.38 bits per heavy atom. The van der Waals surface area contributed by atoms with Crippen LogP contribution in [0.5, 0.6) is 11.6 Å². The second kappa shape index (κ2) is 6.79. The molecule has 0 aliphatic carbocycles. The Hall–Kier alpha value is -3.48. The van der Waals surface area contributed by atoms with Crippen LogP contribution in [0.3, 0.4) is 0 Å². The molecular formula is C16H13F3N4O3. The van der Waals surface area contributed by atoms with E-state index in [2.05, 4.69) is 4.98 Å². The molecule has 7 nitrogen and oxygen atoms in total. The number of aryl methyl sites for hydroxylation is 1. The summed E-state index contributed by atoms with van der Waals surface area (Å²) >= 11 is 0. The fourth-order valence-corrected chi connectivity index (χ4v) is 2.21. The number of alkyl halides is 3. The number of fused-ring (bicyclic) bond motifs is 2. The molecule has 1 aromatic heterocycles. The number of carbonyl (C=O) groups is 1. The van der Waals surface area contributed by atoms with E-state index in [1.807, 2.05) is 31.2 Å². The zero-order valence-electron chi connectivity index (χ0n) is 13.4. The first kappa shape index (κ1) is 18.9. The van der Waals surface area contributed by atoms with Crippen LogP contribution in [-0.4, -0.2) is 22.2 Å². The highest BCUT2D eigenvalue weighted by Crippen LogP contribution is 2.40. The molecule has 136 valence electrons. The maximum Gasteiger partial charge on any atom is 0.490 e. The number of carboxylic acids is 1. The van der Waals surface area contributed by atoms with E-state index in [0.29, 0.717) is 18.0 Å². The molecule has 10 heteroatoms. The molecule has 0 saturated carbocycles. The number of nitriles is 1. The molecule has 0 bridgehead atoms. The molecule has 0 atom stereocenters. The number of hydrogen-bond acceptors (Lipinski definition) is 6.